The van der Waals surface area contributed by atoms with Gasteiger partial charge < -0.3 is 10.6 Å². The molecule has 2 N–H and O–H groups in total. The Morgan fingerprint density at radius 1 is 1.30 bits per heavy atom. The quantitative estimate of drug-likeness (QED) is 0.826. The highest BCUT2D eigenvalue weighted by Gasteiger charge is 2.13. The lowest BCUT2D eigenvalue weighted by Gasteiger charge is -2.03. The molecule has 106 valence electrons. The Morgan fingerprint density at radius 3 is 2.65 bits per heavy atom. The lowest BCUT2D eigenvalue weighted by molar-refractivity contribution is 0.0953. The van der Waals surface area contributed by atoms with E-state index < -0.39 is 0 Å². The van der Waals surface area contributed by atoms with E-state index in [4.69, 9.17) is 11.6 Å². The average Bonchev–Trinajstić information content (AvgIpc) is 2.82. The normalized spacial score (nSPS) is 10.6. The van der Waals surface area contributed by atoms with Crippen LogP contribution in [-0.2, 0) is 0 Å². The number of nitrogens with one attached hydrogen (secondary N) is 2. The monoisotopic (exact) mass is 292 g/mol. The summed E-state index contributed by atoms with van der Waals surface area (Å²) >= 11 is 5.86. The number of benzene rings is 1. The van der Waals surface area contributed by atoms with Crippen LogP contribution in [0.25, 0.3) is 5.69 Å². The van der Waals surface area contributed by atoms with Crippen molar-refractivity contribution < 1.29 is 4.79 Å². The molecule has 0 aliphatic carbocycles. The molecule has 0 radical (unpaired) electrons. The zero-order valence-electron chi connectivity index (χ0n) is 11.5. The van der Waals surface area contributed by atoms with Crippen molar-refractivity contribution in [1.29, 1.82) is 0 Å². The van der Waals surface area contributed by atoms with E-state index in [9.17, 15) is 4.79 Å². The summed E-state index contributed by atoms with van der Waals surface area (Å²) in [7, 11) is 1.84. The van der Waals surface area contributed by atoms with Crippen LogP contribution in [0.4, 0.5) is 0 Å². The van der Waals surface area contributed by atoms with Gasteiger partial charge in [-0.25, -0.2) is 4.68 Å². The largest absolute Gasteiger partial charge is 0.351 e. The molecule has 5 nitrogen and oxygen atoms in total. The molecule has 1 amide bonds. The first-order valence-corrected chi connectivity index (χ1v) is 6.74. The lowest BCUT2D eigenvalue weighted by Crippen LogP contribution is -2.30. The third kappa shape index (κ3) is 3.37. The van der Waals surface area contributed by atoms with Crippen molar-refractivity contribution in [1.82, 2.24) is 20.4 Å². The number of aromatic nitrogens is 2. The van der Waals surface area contributed by atoms with Crippen molar-refractivity contribution in [2.24, 2.45) is 0 Å². The van der Waals surface area contributed by atoms with Crippen molar-refractivity contribution in [3.63, 3.8) is 0 Å². The minimum Gasteiger partial charge on any atom is -0.351 e. The first-order chi connectivity index (χ1) is 9.61. The van der Waals surface area contributed by atoms with Crippen molar-refractivity contribution in [3.8, 4) is 5.69 Å². The molecule has 0 aliphatic rings. The van der Waals surface area contributed by atoms with E-state index in [2.05, 4.69) is 15.7 Å². The van der Waals surface area contributed by atoms with Gasteiger partial charge in [0, 0.05) is 24.3 Å². The predicted octanol–water partition coefficient (Wildman–Crippen LogP) is 1.78. The summed E-state index contributed by atoms with van der Waals surface area (Å²) in [5, 5.41) is 10.8. The van der Waals surface area contributed by atoms with Crippen LogP contribution in [-0.4, -0.2) is 35.8 Å². The number of carbonyl (C=O) groups excluding carboxylic acids is 1. The summed E-state index contributed by atoms with van der Waals surface area (Å²) in [5.41, 5.74) is 2.14. The van der Waals surface area contributed by atoms with Crippen LogP contribution in [0, 0.1) is 6.92 Å². The fourth-order valence-electron chi connectivity index (χ4n) is 1.81. The van der Waals surface area contributed by atoms with Crippen LogP contribution in [0.3, 0.4) is 0 Å². The highest BCUT2D eigenvalue weighted by molar-refractivity contribution is 6.30. The van der Waals surface area contributed by atoms with E-state index in [1.54, 1.807) is 23.0 Å². The van der Waals surface area contributed by atoms with Gasteiger partial charge in [0.2, 0.25) is 0 Å². The predicted molar refractivity (Wildman–Crippen MR) is 79.6 cm³/mol. The maximum absolute atomic E-state index is 12.0. The van der Waals surface area contributed by atoms with Crippen LogP contribution in [0.5, 0.6) is 0 Å². The van der Waals surface area contributed by atoms with Gasteiger partial charge in [0.15, 0.2) is 0 Å². The minimum absolute atomic E-state index is 0.113. The van der Waals surface area contributed by atoms with E-state index in [0.29, 0.717) is 22.8 Å². The maximum atomic E-state index is 12.0. The van der Waals surface area contributed by atoms with Gasteiger partial charge in [-0.05, 0) is 38.2 Å². The van der Waals surface area contributed by atoms with Crippen molar-refractivity contribution in [2.75, 3.05) is 20.1 Å². The van der Waals surface area contributed by atoms with Crippen molar-refractivity contribution in [3.05, 3.63) is 46.7 Å². The average molecular weight is 293 g/mol. The number of hydrogen-bond acceptors (Lipinski definition) is 3. The van der Waals surface area contributed by atoms with Gasteiger partial charge in [0.1, 0.15) is 0 Å². The molecule has 2 aromatic rings. The third-order valence-corrected chi connectivity index (χ3v) is 3.15. The van der Waals surface area contributed by atoms with Crippen LogP contribution in [0.2, 0.25) is 5.02 Å². The molecule has 2 rings (SSSR count). The standard InChI is InChI=1S/C14H17ClN4O/c1-10-13(14(20)17-8-7-16-2)9-19(18-10)12-5-3-11(15)4-6-12/h3-6,9,16H,7-8H2,1-2H3,(H,17,20). The van der Waals surface area contributed by atoms with E-state index in [0.717, 1.165) is 12.2 Å². The molecule has 20 heavy (non-hydrogen) atoms. The summed E-state index contributed by atoms with van der Waals surface area (Å²) in [4.78, 5) is 12.0. The number of aryl methyl sites for hydroxylation is 1. The van der Waals surface area contributed by atoms with Crippen LogP contribution < -0.4 is 10.6 Å². The number of hydrogen-bond donors (Lipinski definition) is 2. The number of rotatable bonds is 5. The Bertz CT molecular complexity index is 592. The second kappa shape index (κ2) is 6.54. The Labute approximate surface area is 122 Å². The molecule has 0 aliphatic heterocycles. The van der Waals surface area contributed by atoms with Gasteiger partial charge in [-0.2, -0.15) is 5.10 Å². The Balaban J connectivity index is 2.16. The molecule has 0 fully saturated rings. The summed E-state index contributed by atoms with van der Waals surface area (Å²) in [6.07, 6.45) is 1.73. The first kappa shape index (κ1) is 14.6. The number of amides is 1. The van der Waals surface area contributed by atoms with Gasteiger partial charge >= 0.3 is 0 Å². The van der Waals surface area contributed by atoms with Crippen molar-refractivity contribution in [2.45, 2.75) is 6.92 Å². The SMILES string of the molecule is CNCCNC(=O)c1cn(-c2ccc(Cl)cc2)nc1C. The number of nitrogens with zero attached hydrogens (tertiary/aromatic N) is 2. The minimum atomic E-state index is -0.113. The molecule has 0 atom stereocenters. The summed E-state index contributed by atoms with van der Waals surface area (Å²) in [6, 6.07) is 7.30. The fourth-order valence-corrected chi connectivity index (χ4v) is 1.93. The fraction of sp³-hybridized carbons (Fsp3) is 0.286. The topological polar surface area (TPSA) is 58.9 Å². The highest BCUT2D eigenvalue weighted by Crippen LogP contribution is 2.15. The molecule has 6 heteroatoms. The van der Waals surface area contributed by atoms with Crippen LogP contribution >= 0.6 is 11.6 Å². The molecule has 0 unspecified atom stereocenters. The zero-order valence-corrected chi connectivity index (χ0v) is 12.2. The number of halogens is 1. The molecular weight excluding hydrogens is 276 g/mol. The van der Waals surface area contributed by atoms with Gasteiger partial charge in [0.25, 0.3) is 5.91 Å². The molecule has 0 spiro atoms. The molecule has 0 saturated heterocycles. The van der Waals surface area contributed by atoms with Gasteiger partial charge in [-0.1, -0.05) is 11.6 Å². The van der Waals surface area contributed by atoms with Gasteiger partial charge in [-0.3, -0.25) is 4.79 Å². The Morgan fingerprint density at radius 2 is 2.00 bits per heavy atom. The van der Waals surface area contributed by atoms with E-state index in [-0.39, 0.29) is 5.91 Å². The highest BCUT2D eigenvalue weighted by atomic mass is 35.5. The summed E-state index contributed by atoms with van der Waals surface area (Å²) in [6.45, 7) is 3.14. The van der Waals surface area contributed by atoms with E-state index >= 15 is 0 Å². The van der Waals surface area contributed by atoms with Crippen molar-refractivity contribution >= 4 is 17.5 Å². The Hall–Kier alpha value is -1.85. The summed E-state index contributed by atoms with van der Waals surface area (Å²) in [5.74, 6) is -0.113. The summed E-state index contributed by atoms with van der Waals surface area (Å²) < 4.78 is 1.68. The Kier molecular flexibility index (Phi) is 4.76. The molecular formula is C14H17ClN4O. The zero-order chi connectivity index (χ0) is 14.5. The molecule has 0 bridgehead atoms. The number of likely N-dealkylation sites (N-methyl/N-ethyl adjacent to an activating group) is 1. The smallest absolute Gasteiger partial charge is 0.254 e. The van der Waals surface area contributed by atoms with E-state index in [1.807, 2.05) is 26.1 Å². The second-order valence-electron chi connectivity index (χ2n) is 4.41. The third-order valence-electron chi connectivity index (χ3n) is 2.90. The lowest BCUT2D eigenvalue weighted by atomic mass is 10.2. The molecule has 1 aromatic heterocycles. The van der Waals surface area contributed by atoms with E-state index in [1.165, 1.54) is 0 Å². The van der Waals surface area contributed by atoms with Gasteiger partial charge in [-0.15, -0.1) is 0 Å². The van der Waals surface area contributed by atoms with Crippen LogP contribution in [0.1, 0.15) is 16.1 Å². The van der Waals surface area contributed by atoms with Crippen LogP contribution in [0.15, 0.2) is 30.5 Å². The van der Waals surface area contributed by atoms with Gasteiger partial charge in [0.05, 0.1) is 16.9 Å². The number of carbonyl (C=O) groups is 1. The maximum Gasteiger partial charge on any atom is 0.254 e. The molecule has 1 aromatic carbocycles. The second-order valence-corrected chi connectivity index (χ2v) is 4.85. The molecule has 1 heterocycles. The first-order valence-electron chi connectivity index (χ1n) is 6.37. The molecule has 0 saturated carbocycles.